The van der Waals surface area contributed by atoms with Crippen molar-refractivity contribution in [3.8, 4) is 0 Å². The molecule has 4 nitrogen and oxygen atoms in total. The van der Waals surface area contributed by atoms with Crippen LogP contribution in [0.2, 0.25) is 0 Å². The summed E-state index contributed by atoms with van der Waals surface area (Å²) in [5.74, 6) is -0.0663. The van der Waals surface area contributed by atoms with Crippen molar-refractivity contribution in [2.24, 2.45) is 5.73 Å². The monoisotopic (exact) mass is 301 g/mol. The molecule has 2 aromatic rings. The van der Waals surface area contributed by atoms with Crippen LogP contribution in [0, 0.1) is 0 Å². The second-order valence-electron chi connectivity index (χ2n) is 6.18. The maximum absolute atomic E-state index is 12.1. The first-order valence-corrected chi connectivity index (χ1v) is 8.14. The Hall–Kier alpha value is -1.81. The molecule has 22 heavy (non-hydrogen) atoms. The number of fused-ring (bicyclic) bond motifs is 1. The van der Waals surface area contributed by atoms with Crippen molar-refractivity contribution < 1.29 is 4.79 Å². The molecule has 0 radical (unpaired) electrons. The molecule has 4 N–H and O–H groups in total. The van der Waals surface area contributed by atoms with Crippen LogP contribution in [0.1, 0.15) is 44.7 Å². The third-order valence-corrected chi connectivity index (χ3v) is 4.24. The number of para-hydroxylation sites is 1. The predicted molar refractivity (Wildman–Crippen MR) is 91.9 cm³/mol. The van der Waals surface area contributed by atoms with Gasteiger partial charge in [-0.1, -0.05) is 38.5 Å². The lowest BCUT2D eigenvalue weighted by Gasteiger charge is -2.22. The number of H-pyrrole nitrogens is 1. The highest BCUT2D eigenvalue weighted by atomic mass is 16.2. The molecule has 0 spiro atoms. The van der Waals surface area contributed by atoms with E-state index in [1.54, 1.807) is 6.92 Å². The van der Waals surface area contributed by atoms with Crippen molar-refractivity contribution in [3.63, 3.8) is 0 Å². The summed E-state index contributed by atoms with van der Waals surface area (Å²) in [5, 5.41) is 4.21. The van der Waals surface area contributed by atoms with E-state index < -0.39 is 5.54 Å². The van der Waals surface area contributed by atoms with E-state index in [0.717, 1.165) is 19.3 Å². The number of nitrogens with two attached hydrogens (primary N) is 1. The van der Waals surface area contributed by atoms with Gasteiger partial charge in [-0.25, -0.2) is 0 Å². The molecule has 1 unspecified atom stereocenters. The van der Waals surface area contributed by atoms with Gasteiger partial charge in [0.1, 0.15) is 0 Å². The van der Waals surface area contributed by atoms with Crippen molar-refractivity contribution >= 4 is 16.8 Å². The molecule has 1 aromatic carbocycles. The third kappa shape index (κ3) is 3.50. The summed E-state index contributed by atoms with van der Waals surface area (Å²) < 4.78 is 0. The van der Waals surface area contributed by atoms with E-state index >= 15 is 0 Å². The molecule has 0 bridgehead atoms. The van der Waals surface area contributed by atoms with Crippen molar-refractivity contribution in [1.29, 1.82) is 0 Å². The van der Waals surface area contributed by atoms with Gasteiger partial charge in [0.05, 0.1) is 5.54 Å². The second kappa shape index (κ2) is 6.97. The number of hydrogen-bond acceptors (Lipinski definition) is 2. The van der Waals surface area contributed by atoms with Crippen molar-refractivity contribution in [2.45, 2.75) is 52.0 Å². The van der Waals surface area contributed by atoms with Crippen LogP contribution in [0.4, 0.5) is 0 Å². The Morgan fingerprint density at radius 3 is 2.77 bits per heavy atom. The van der Waals surface area contributed by atoms with Gasteiger partial charge in [0.25, 0.3) is 0 Å². The first-order chi connectivity index (χ1) is 10.5. The van der Waals surface area contributed by atoms with E-state index in [-0.39, 0.29) is 5.91 Å². The maximum atomic E-state index is 12.1. The number of amides is 1. The predicted octanol–water partition coefficient (Wildman–Crippen LogP) is 2.91. The molecular weight excluding hydrogens is 274 g/mol. The topological polar surface area (TPSA) is 70.9 Å². The lowest BCUT2D eigenvalue weighted by Crippen LogP contribution is -2.51. The van der Waals surface area contributed by atoms with Gasteiger partial charge in [-0.2, -0.15) is 0 Å². The number of rotatable bonds is 7. The van der Waals surface area contributed by atoms with Crippen LogP contribution in [0.5, 0.6) is 0 Å². The molecule has 1 heterocycles. The zero-order chi connectivity index (χ0) is 16.2. The average molecular weight is 301 g/mol. The molecule has 0 saturated carbocycles. The summed E-state index contributed by atoms with van der Waals surface area (Å²) in [7, 11) is 0. The zero-order valence-electron chi connectivity index (χ0n) is 13.8. The summed E-state index contributed by atoms with van der Waals surface area (Å²) in [5.41, 5.74) is 9.04. The number of hydrogen-bond donors (Lipinski definition) is 3. The van der Waals surface area contributed by atoms with E-state index in [2.05, 4.69) is 35.4 Å². The molecule has 120 valence electrons. The highest BCUT2D eigenvalue weighted by Gasteiger charge is 2.26. The van der Waals surface area contributed by atoms with Crippen LogP contribution in [0.25, 0.3) is 10.9 Å². The van der Waals surface area contributed by atoms with Crippen molar-refractivity contribution in [3.05, 3.63) is 35.5 Å². The molecule has 1 aromatic heterocycles. The lowest BCUT2D eigenvalue weighted by atomic mass is 9.96. The number of aromatic nitrogens is 1. The molecule has 0 saturated heterocycles. The van der Waals surface area contributed by atoms with E-state index in [4.69, 9.17) is 5.73 Å². The third-order valence-electron chi connectivity index (χ3n) is 4.24. The minimum Gasteiger partial charge on any atom is -0.361 e. The van der Waals surface area contributed by atoms with Crippen LogP contribution in [-0.4, -0.2) is 23.0 Å². The summed E-state index contributed by atoms with van der Waals surface area (Å²) in [6, 6.07) is 6.37. The maximum Gasteiger partial charge on any atom is 0.239 e. The number of carbonyl (C=O) groups excluding carboxylic acids is 1. The van der Waals surface area contributed by atoms with Gasteiger partial charge in [-0.05, 0) is 37.3 Å². The standard InChI is InChI=1S/C18H27N3O/c1-4-10-18(3,19)17(22)20-11-9-14-12-21-16-13(5-2)7-6-8-15(14)16/h6-8,12,21H,4-5,9-11,19H2,1-3H3,(H,20,22). The fraction of sp³-hybridized carbons (Fsp3) is 0.500. The van der Waals surface area contributed by atoms with Crippen LogP contribution < -0.4 is 11.1 Å². The van der Waals surface area contributed by atoms with Gasteiger partial charge in [0, 0.05) is 23.6 Å². The van der Waals surface area contributed by atoms with Gasteiger partial charge in [-0.3, -0.25) is 4.79 Å². The number of nitrogens with one attached hydrogen (secondary N) is 2. The molecule has 0 aliphatic rings. The molecule has 1 amide bonds. The summed E-state index contributed by atoms with van der Waals surface area (Å²) in [6.45, 7) is 6.60. The summed E-state index contributed by atoms with van der Waals surface area (Å²) in [4.78, 5) is 15.5. The number of aryl methyl sites for hydroxylation is 1. The molecule has 2 rings (SSSR count). The van der Waals surface area contributed by atoms with Crippen LogP contribution in [0.15, 0.2) is 24.4 Å². The summed E-state index contributed by atoms with van der Waals surface area (Å²) >= 11 is 0. The quantitative estimate of drug-likeness (QED) is 0.736. The van der Waals surface area contributed by atoms with Crippen LogP contribution >= 0.6 is 0 Å². The van der Waals surface area contributed by atoms with E-state index in [9.17, 15) is 4.79 Å². The lowest BCUT2D eigenvalue weighted by molar-refractivity contribution is -0.126. The second-order valence-corrected chi connectivity index (χ2v) is 6.18. The molecule has 1 atom stereocenters. The Bertz CT molecular complexity index is 643. The molecular formula is C18H27N3O. The van der Waals surface area contributed by atoms with E-state index in [0.29, 0.717) is 13.0 Å². The van der Waals surface area contributed by atoms with E-state index in [1.165, 1.54) is 22.0 Å². The average Bonchev–Trinajstić information content (AvgIpc) is 2.90. The Morgan fingerprint density at radius 1 is 1.32 bits per heavy atom. The molecule has 0 aliphatic heterocycles. The highest BCUT2D eigenvalue weighted by molar-refractivity contribution is 5.87. The zero-order valence-corrected chi connectivity index (χ0v) is 13.8. The fourth-order valence-electron chi connectivity index (χ4n) is 2.92. The highest BCUT2D eigenvalue weighted by Crippen LogP contribution is 2.22. The fourth-order valence-corrected chi connectivity index (χ4v) is 2.92. The van der Waals surface area contributed by atoms with Gasteiger partial charge < -0.3 is 16.0 Å². The van der Waals surface area contributed by atoms with Crippen molar-refractivity contribution in [1.82, 2.24) is 10.3 Å². The van der Waals surface area contributed by atoms with Gasteiger partial charge in [0.15, 0.2) is 0 Å². The molecule has 4 heteroatoms. The largest absolute Gasteiger partial charge is 0.361 e. The number of aromatic amines is 1. The smallest absolute Gasteiger partial charge is 0.239 e. The number of carbonyl (C=O) groups is 1. The van der Waals surface area contributed by atoms with Crippen LogP contribution in [0.3, 0.4) is 0 Å². The van der Waals surface area contributed by atoms with E-state index in [1.807, 2.05) is 13.1 Å². The van der Waals surface area contributed by atoms with Gasteiger partial charge >= 0.3 is 0 Å². The first kappa shape index (κ1) is 16.6. The van der Waals surface area contributed by atoms with Crippen molar-refractivity contribution in [2.75, 3.05) is 6.54 Å². The van der Waals surface area contributed by atoms with Gasteiger partial charge in [-0.15, -0.1) is 0 Å². The molecule has 0 aliphatic carbocycles. The van der Waals surface area contributed by atoms with Crippen LogP contribution in [-0.2, 0) is 17.6 Å². The number of benzene rings is 1. The first-order valence-electron chi connectivity index (χ1n) is 8.14. The minimum atomic E-state index is -0.773. The molecule has 0 fully saturated rings. The SMILES string of the molecule is CCCC(C)(N)C(=O)NCCc1c[nH]c2c(CC)cccc12. The Labute approximate surface area is 132 Å². The Kier molecular flexibility index (Phi) is 5.24. The minimum absolute atomic E-state index is 0.0663. The normalized spacial score (nSPS) is 14.0. The summed E-state index contributed by atoms with van der Waals surface area (Å²) in [6.07, 6.45) is 5.47. The Morgan fingerprint density at radius 2 is 2.09 bits per heavy atom. The van der Waals surface area contributed by atoms with Gasteiger partial charge in [0.2, 0.25) is 5.91 Å². The Balaban J connectivity index is 2.00.